The quantitative estimate of drug-likeness (QED) is 0.285. The summed E-state index contributed by atoms with van der Waals surface area (Å²) in [5.41, 5.74) is 0.208. The van der Waals surface area contributed by atoms with E-state index in [9.17, 15) is 0 Å². The van der Waals surface area contributed by atoms with E-state index in [0.717, 1.165) is 25.7 Å². The minimum Gasteiger partial charge on any atom is -0.377 e. The van der Waals surface area contributed by atoms with Crippen LogP contribution in [-0.2, 0) is 4.74 Å². The predicted octanol–water partition coefficient (Wildman–Crippen LogP) is 3.55. The number of fused-ring (bicyclic) bond motifs is 1. The summed E-state index contributed by atoms with van der Waals surface area (Å²) in [7, 11) is 0. The highest BCUT2D eigenvalue weighted by Gasteiger charge is 2.59. The molecule has 0 amide bonds. The van der Waals surface area contributed by atoms with E-state index < -0.39 is 0 Å². The molecule has 0 aromatic heterocycles. The van der Waals surface area contributed by atoms with Gasteiger partial charge in [0, 0.05) is 37.1 Å². The van der Waals surface area contributed by atoms with Crippen molar-refractivity contribution in [3.63, 3.8) is 0 Å². The summed E-state index contributed by atoms with van der Waals surface area (Å²) >= 11 is 0. The number of aliphatic imine (C=N–C) groups is 1. The van der Waals surface area contributed by atoms with Gasteiger partial charge in [-0.15, -0.1) is 24.0 Å². The fourth-order valence-electron chi connectivity index (χ4n) is 3.81. The fraction of sp³-hybridized carbons (Fsp3) is 0.941. The molecule has 0 aromatic rings. The Labute approximate surface area is 153 Å². The maximum absolute atomic E-state index is 5.86. The van der Waals surface area contributed by atoms with Gasteiger partial charge in [-0.2, -0.15) is 0 Å². The van der Waals surface area contributed by atoms with Crippen LogP contribution in [0.5, 0.6) is 0 Å². The van der Waals surface area contributed by atoms with E-state index in [1.807, 2.05) is 0 Å². The van der Waals surface area contributed by atoms with E-state index >= 15 is 0 Å². The van der Waals surface area contributed by atoms with Crippen LogP contribution in [0.4, 0.5) is 0 Å². The molecule has 1 saturated carbocycles. The minimum absolute atomic E-state index is 0. The van der Waals surface area contributed by atoms with Crippen molar-refractivity contribution in [2.24, 2.45) is 16.3 Å². The van der Waals surface area contributed by atoms with Crippen molar-refractivity contribution < 1.29 is 4.74 Å². The average molecular weight is 423 g/mol. The number of ether oxygens (including phenoxy) is 1. The monoisotopic (exact) mass is 423 g/mol. The van der Waals surface area contributed by atoms with Crippen molar-refractivity contribution in [3.8, 4) is 0 Å². The fourth-order valence-corrected chi connectivity index (χ4v) is 3.81. The lowest BCUT2D eigenvalue weighted by atomic mass is 9.57. The van der Waals surface area contributed by atoms with Gasteiger partial charge in [0.05, 0.1) is 6.10 Å². The first-order chi connectivity index (χ1) is 10.1. The summed E-state index contributed by atoms with van der Waals surface area (Å²) in [6.07, 6.45) is 6.68. The van der Waals surface area contributed by atoms with Crippen LogP contribution >= 0.6 is 24.0 Å². The molecule has 3 unspecified atom stereocenters. The molecule has 1 heterocycles. The summed E-state index contributed by atoms with van der Waals surface area (Å²) in [5, 5.41) is 7.05. The average Bonchev–Trinajstić information content (AvgIpc) is 2.91. The van der Waals surface area contributed by atoms with Crippen molar-refractivity contribution in [1.82, 2.24) is 10.6 Å². The second kappa shape index (κ2) is 9.30. The molecule has 2 N–H and O–H groups in total. The van der Waals surface area contributed by atoms with Crippen molar-refractivity contribution in [3.05, 3.63) is 0 Å². The molecule has 1 aliphatic carbocycles. The number of unbranched alkanes of at least 4 members (excludes halogenated alkanes) is 3. The SMILES string of the molecule is CCCCCCN=C(NCC)NC1C2CCOC2C1(C)C.I. The molecule has 0 spiro atoms. The number of rotatable bonds is 7. The predicted molar refractivity (Wildman–Crippen MR) is 104 cm³/mol. The van der Waals surface area contributed by atoms with Crippen molar-refractivity contribution in [2.75, 3.05) is 19.7 Å². The Balaban J connectivity index is 0.00000242. The molecule has 2 aliphatic rings. The molecular formula is C17H34IN3O. The van der Waals surface area contributed by atoms with Gasteiger partial charge in [-0.3, -0.25) is 4.99 Å². The van der Waals surface area contributed by atoms with Gasteiger partial charge >= 0.3 is 0 Å². The van der Waals surface area contributed by atoms with Crippen molar-refractivity contribution in [1.29, 1.82) is 0 Å². The maximum atomic E-state index is 5.86. The first-order valence-electron chi connectivity index (χ1n) is 8.77. The summed E-state index contributed by atoms with van der Waals surface area (Å²) < 4.78 is 5.86. The highest BCUT2D eigenvalue weighted by atomic mass is 127. The van der Waals surface area contributed by atoms with Crippen LogP contribution in [0.3, 0.4) is 0 Å². The van der Waals surface area contributed by atoms with E-state index in [2.05, 4.69) is 38.3 Å². The van der Waals surface area contributed by atoms with Gasteiger partial charge in [0.2, 0.25) is 0 Å². The molecule has 130 valence electrons. The number of halogens is 1. The largest absolute Gasteiger partial charge is 0.377 e. The molecule has 0 aromatic carbocycles. The third-order valence-corrected chi connectivity index (χ3v) is 5.02. The molecule has 2 fully saturated rings. The van der Waals surface area contributed by atoms with E-state index in [4.69, 9.17) is 9.73 Å². The molecule has 0 bridgehead atoms. The zero-order chi connectivity index (χ0) is 15.3. The third-order valence-electron chi connectivity index (χ3n) is 5.02. The Morgan fingerprint density at radius 1 is 1.23 bits per heavy atom. The second-order valence-electron chi connectivity index (χ2n) is 7.01. The molecule has 1 saturated heterocycles. The van der Waals surface area contributed by atoms with Crippen LogP contribution in [0.25, 0.3) is 0 Å². The molecule has 3 atom stereocenters. The number of hydrogen-bond acceptors (Lipinski definition) is 2. The standard InChI is InChI=1S/C17H33N3O.HI/c1-5-7-8-9-11-19-16(18-6-2)20-14-13-10-12-21-15(13)17(14,3)4;/h13-15H,5-12H2,1-4H3,(H2,18,19,20);1H. The highest BCUT2D eigenvalue weighted by Crippen LogP contribution is 2.52. The number of hydrogen-bond donors (Lipinski definition) is 2. The molecule has 4 nitrogen and oxygen atoms in total. The van der Waals surface area contributed by atoms with Crippen LogP contribution in [-0.4, -0.2) is 37.8 Å². The normalized spacial score (nSPS) is 29.3. The Bertz CT molecular complexity index is 360. The van der Waals surface area contributed by atoms with E-state index in [1.165, 1.54) is 32.1 Å². The van der Waals surface area contributed by atoms with Gasteiger partial charge in [-0.1, -0.05) is 40.0 Å². The molecule has 22 heavy (non-hydrogen) atoms. The Hall–Kier alpha value is -0.0400. The number of nitrogens with zero attached hydrogens (tertiary/aromatic N) is 1. The Morgan fingerprint density at radius 2 is 2.00 bits per heavy atom. The van der Waals surface area contributed by atoms with Crippen LogP contribution in [0, 0.1) is 11.3 Å². The number of guanidine groups is 1. The molecule has 5 heteroatoms. The summed E-state index contributed by atoms with van der Waals surface area (Å²) in [6, 6.07) is 0.485. The molecule has 1 aliphatic heterocycles. The van der Waals surface area contributed by atoms with Gasteiger partial charge in [-0.05, 0) is 19.8 Å². The first kappa shape index (κ1) is 20.0. The minimum atomic E-state index is 0. The molecule has 2 rings (SSSR count). The lowest BCUT2D eigenvalue weighted by Crippen LogP contribution is -2.67. The van der Waals surface area contributed by atoms with E-state index in [0.29, 0.717) is 18.1 Å². The Kier molecular flexibility index (Phi) is 8.46. The zero-order valence-corrected chi connectivity index (χ0v) is 17.0. The van der Waals surface area contributed by atoms with Crippen LogP contribution in [0.1, 0.15) is 59.8 Å². The van der Waals surface area contributed by atoms with Gasteiger partial charge in [0.25, 0.3) is 0 Å². The second-order valence-corrected chi connectivity index (χ2v) is 7.01. The number of nitrogens with one attached hydrogen (secondary N) is 2. The van der Waals surface area contributed by atoms with Crippen LogP contribution in [0.15, 0.2) is 4.99 Å². The molecule has 0 radical (unpaired) electrons. The lowest BCUT2D eigenvalue weighted by molar-refractivity contribution is -0.106. The van der Waals surface area contributed by atoms with Gasteiger partial charge in [0.1, 0.15) is 0 Å². The van der Waals surface area contributed by atoms with E-state index in [-0.39, 0.29) is 29.4 Å². The topological polar surface area (TPSA) is 45.7 Å². The highest BCUT2D eigenvalue weighted by molar-refractivity contribution is 14.0. The smallest absolute Gasteiger partial charge is 0.191 e. The molecular weight excluding hydrogens is 389 g/mol. The van der Waals surface area contributed by atoms with Gasteiger partial charge < -0.3 is 15.4 Å². The van der Waals surface area contributed by atoms with Crippen molar-refractivity contribution in [2.45, 2.75) is 71.9 Å². The van der Waals surface area contributed by atoms with Crippen LogP contribution in [0.2, 0.25) is 0 Å². The first-order valence-corrected chi connectivity index (χ1v) is 8.77. The zero-order valence-electron chi connectivity index (χ0n) is 14.7. The van der Waals surface area contributed by atoms with Crippen molar-refractivity contribution >= 4 is 29.9 Å². The van der Waals surface area contributed by atoms with E-state index in [1.54, 1.807) is 0 Å². The van der Waals surface area contributed by atoms with Crippen LogP contribution < -0.4 is 10.6 Å². The maximum Gasteiger partial charge on any atom is 0.191 e. The summed E-state index contributed by atoms with van der Waals surface area (Å²) in [5.74, 6) is 1.64. The Morgan fingerprint density at radius 3 is 2.68 bits per heavy atom. The van der Waals surface area contributed by atoms with Gasteiger partial charge in [-0.25, -0.2) is 0 Å². The lowest BCUT2D eigenvalue weighted by Gasteiger charge is -2.54. The van der Waals surface area contributed by atoms with Gasteiger partial charge in [0.15, 0.2) is 5.96 Å². The summed E-state index contributed by atoms with van der Waals surface area (Å²) in [6.45, 7) is 11.7. The summed E-state index contributed by atoms with van der Waals surface area (Å²) in [4.78, 5) is 4.74. The third kappa shape index (κ3) is 4.49.